The van der Waals surface area contributed by atoms with Crippen molar-refractivity contribution in [1.29, 1.82) is 0 Å². The fourth-order valence-corrected chi connectivity index (χ4v) is 2.48. The van der Waals surface area contributed by atoms with Gasteiger partial charge in [-0.15, -0.1) is 0 Å². The van der Waals surface area contributed by atoms with Gasteiger partial charge in [-0.25, -0.2) is 4.39 Å². The maximum Gasteiger partial charge on any atom is 0.123 e. The molecule has 0 aliphatic heterocycles. The summed E-state index contributed by atoms with van der Waals surface area (Å²) < 4.78 is 24.2. The first-order valence-electron chi connectivity index (χ1n) is 8.24. The van der Waals surface area contributed by atoms with E-state index in [1.807, 2.05) is 32.9 Å². The summed E-state index contributed by atoms with van der Waals surface area (Å²) in [7, 11) is 0. The molecule has 2 rings (SSSR count). The highest BCUT2D eigenvalue weighted by Gasteiger charge is 2.15. The van der Waals surface area contributed by atoms with Crippen LogP contribution >= 0.6 is 0 Å². The van der Waals surface area contributed by atoms with Gasteiger partial charge in [0.15, 0.2) is 0 Å². The highest BCUT2D eigenvalue weighted by atomic mass is 19.1. The maximum atomic E-state index is 13.1. The number of furan rings is 1. The van der Waals surface area contributed by atoms with Gasteiger partial charge in [-0.2, -0.15) is 0 Å². The summed E-state index contributed by atoms with van der Waals surface area (Å²) in [5, 5.41) is 10.2. The predicted octanol–water partition coefficient (Wildman–Crippen LogP) is 3.52. The van der Waals surface area contributed by atoms with Gasteiger partial charge in [-0.1, -0.05) is 12.1 Å². The topological polar surface area (TPSA) is 45.8 Å². The SMILES string of the molecule is Cc1ccc(CN(Cc2ccc(F)cc2)CC(O)COC(C)C)o1. The van der Waals surface area contributed by atoms with Gasteiger partial charge in [0.1, 0.15) is 17.3 Å². The fraction of sp³-hybridized carbons (Fsp3) is 0.474. The van der Waals surface area contributed by atoms with Gasteiger partial charge in [-0.3, -0.25) is 4.90 Å². The van der Waals surface area contributed by atoms with Gasteiger partial charge in [0, 0.05) is 13.1 Å². The zero-order chi connectivity index (χ0) is 17.5. The van der Waals surface area contributed by atoms with Crippen molar-refractivity contribution in [3.05, 3.63) is 59.3 Å². The lowest BCUT2D eigenvalue weighted by Crippen LogP contribution is -2.34. The average Bonchev–Trinajstić information content (AvgIpc) is 2.92. The second-order valence-electron chi connectivity index (χ2n) is 6.34. The molecule has 132 valence electrons. The maximum absolute atomic E-state index is 13.1. The van der Waals surface area contributed by atoms with Crippen LogP contribution in [0, 0.1) is 12.7 Å². The van der Waals surface area contributed by atoms with E-state index in [2.05, 4.69) is 4.90 Å². The smallest absolute Gasteiger partial charge is 0.123 e. The van der Waals surface area contributed by atoms with E-state index in [1.165, 1.54) is 12.1 Å². The molecule has 4 nitrogen and oxygen atoms in total. The van der Waals surface area contributed by atoms with E-state index in [1.54, 1.807) is 12.1 Å². The molecule has 1 N–H and O–H groups in total. The average molecular weight is 335 g/mol. The van der Waals surface area contributed by atoms with Crippen molar-refractivity contribution in [2.24, 2.45) is 0 Å². The lowest BCUT2D eigenvalue weighted by Gasteiger charge is -2.25. The minimum Gasteiger partial charge on any atom is -0.465 e. The molecule has 1 aromatic carbocycles. The van der Waals surface area contributed by atoms with E-state index in [-0.39, 0.29) is 18.5 Å². The van der Waals surface area contributed by atoms with Crippen LogP contribution in [-0.2, 0) is 17.8 Å². The Balaban J connectivity index is 2.01. The van der Waals surface area contributed by atoms with Crippen LogP contribution < -0.4 is 0 Å². The Labute approximate surface area is 142 Å². The number of nitrogens with zero attached hydrogens (tertiary/aromatic N) is 1. The largest absolute Gasteiger partial charge is 0.465 e. The highest BCUT2D eigenvalue weighted by molar-refractivity contribution is 5.16. The van der Waals surface area contributed by atoms with Gasteiger partial charge >= 0.3 is 0 Å². The predicted molar refractivity (Wildman–Crippen MR) is 91.1 cm³/mol. The monoisotopic (exact) mass is 335 g/mol. The molecule has 5 heteroatoms. The molecule has 0 radical (unpaired) electrons. The Bertz CT molecular complexity index is 609. The normalized spacial score (nSPS) is 13.0. The zero-order valence-electron chi connectivity index (χ0n) is 14.5. The van der Waals surface area contributed by atoms with E-state index in [4.69, 9.17) is 9.15 Å². The molecule has 0 bridgehead atoms. The molecule has 0 aliphatic rings. The second-order valence-corrected chi connectivity index (χ2v) is 6.34. The van der Waals surface area contributed by atoms with Crippen LogP contribution in [-0.4, -0.2) is 35.4 Å². The van der Waals surface area contributed by atoms with E-state index in [9.17, 15) is 9.50 Å². The lowest BCUT2D eigenvalue weighted by atomic mass is 10.2. The molecule has 1 unspecified atom stereocenters. The second kappa shape index (κ2) is 8.97. The standard InChI is InChI=1S/C19H26FNO3/c1-14(2)23-13-18(22)11-21(12-19-9-4-15(3)24-19)10-16-5-7-17(20)8-6-16/h4-9,14,18,22H,10-13H2,1-3H3. The van der Waals surface area contributed by atoms with Crippen molar-refractivity contribution in [1.82, 2.24) is 4.90 Å². The quantitative estimate of drug-likeness (QED) is 0.762. The van der Waals surface area contributed by atoms with Gasteiger partial charge in [0.2, 0.25) is 0 Å². The summed E-state index contributed by atoms with van der Waals surface area (Å²) in [6.45, 7) is 7.68. The fourth-order valence-electron chi connectivity index (χ4n) is 2.48. The van der Waals surface area contributed by atoms with Crippen LogP contribution in [0.4, 0.5) is 4.39 Å². The molecular formula is C19H26FNO3. The van der Waals surface area contributed by atoms with E-state index < -0.39 is 6.10 Å². The van der Waals surface area contributed by atoms with Crippen molar-refractivity contribution in [2.75, 3.05) is 13.2 Å². The van der Waals surface area contributed by atoms with Crippen LogP contribution in [0.15, 0.2) is 40.8 Å². The van der Waals surface area contributed by atoms with Gasteiger partial charge < -0.3 is 14.3 Å². The number of hydrogen-bond acceptors (Lipinski definition) is 4. The van der Waals surface area contributed by atoms with Crippen LogP contribution in [0.5, 0.6) is 0 Å². The lowest BCUT2D eigenvalue weighted by molar-refractivity contribution is -0.0114. The van der Waals surface area contributed by atoms with Crippen LogP contribution in [0.1, 0.15) is 30.9 Å². The molecule has 0 amide bonds. The van der Waals surface area contributed by atoms with Gasteiger partial charge in [0.25, 0.3) is 0 Å². The Kier molecular flexibility index (Phi) is 6.97. The number of aliphatic hydroxyl groups is 1. The van der Waals surface area contributed by atoms with Crippen molar-refractivity contribution < 1.29 is 18.7 Å². The Morgan fingerprint density at radius 3 is 2.42 bits per heavy atom. The number of aryl methyl sites for hydroxylation is 1. The first-order valence-corrected chi connectivity index (χ1v) is 8.24. The molecule has 1 atom stereocenters. The molecule has 1 heterocycles. The number of benzene rings is 1. The number of halogens is 1. The minimum absolute atomic E-state index is 0.0814. The first-order chi connectivity index (χ1) is 11.4. The summed E-state index contributed by atoms with van der Waals surface area (Å²) in [6.07, 6.45) is -0.512. The minimum atomic E-state index is -0.594. The van der Waals surface area contributed by atoms with E-state index in [0.717, 1.165) is 17.1 Å². The molecule has 1 aromatic heterocycles. The number of ether oxygens (including phenoxy) is 1. The third-order valence-corrected chi connectivity index (χ3v) is 3.59. The summed E-state index contributed by atoms with van der Waals surface area (Å²) in [5.74, 6) is 1.44. The Hall–Kier alpha value is -1.69. The third kappa shape index (κ3) is 6.43. The Morgan fingerprint density at radius 2 is 1.83 bits per heavy atom. The van der Waals surface area contributed by atoms with Crippen molar-refractivity contribution in [2.45, 2.75) is 46.1 Å². The van der Waals surface area contributed by atoms with E-state index in [0.29, 0.717) is 19.6 Å². The first kappa shape index (κ1) is 18.6. The van der Waals surface area contributed by atoms with E-state index >= 15 is 0 Å². The molecule has 24 heavy (non-hydrogen) atoms. The molecule has 0 fully saturated rings. The van der Waals surface area contributed by atoms with Crippen LogP contribution in [0.2, 0.25) is 0 Å². The molecule has 0 aliphatic carbocycles. The Morgan fingerprint density at radius 1 is 1.12 bits per heavy atom. The number of hydrogen-bond donors (Lipinski definition) is 1. The van der Waals surface area contributed by atoms with Gasteiger partial charge in [-0.05, 0) is 50.6 Å². The zero-order valence-corrected chi connectivity index (χ0v) is 14.5. The molecule has 0 saturated carbocycles. The van der Waals surface area contributed by atoms with Gasteiger partial charge in [0.05, 0.1) is 25.4 Å². The number of aliphatic hydroxyl groups excluding tert-OH is 1. The summed E-state index contributed by atoms with van der Waals surface area (Å²) in [4.78, 5) is 2.07. The third-order valence-electron chi connectivity index (χ3n) is 3.59. The molecular weight excluding hydrogens is 309 g/mol. The summed E-state index contributed by atoms with van der Waals surface area (Å²) in [6, 6.07) is 10.3. The summed E-state index contributed by atoms with van der Waals surface area (Å²) in [5.41, 5.74) is 0.983. The highest BCUT2D eigenvalue weighted by Crippen LogP contribution is 2.14. The molecule has 2 aromatic rings. The molecule has 0 spiro atoms. The van der Waals surface area contributed by atoms with Crippen LogP contribution in [0.25, 0.3) is 0 Å². The van der Waals surface area contributed by atoms with Crippen molar-refractivity contribution in [3.8, 4) is 0 Å². The van der Waals surface area contributed by atoms with Crippen molar-refractivity contribution in [3.63, 3.8) is 0 Å². The number of rotatable bonds is 9. The molecule has 0 saturated heterocycles. The van der Waals surface area contributed by atoms with Crippen molar-refractivity contribution >= 4 is 0 Å². The van der Waals surface area contributed by atoms with Crippen LogP contribution in [0.3, 0.4) is 0 Å². The summed E-state index contributed by atoms with van der Waals surface area (Å²) >= 11 is 0.